The fourth-order valence-electron chi connectivity index (χ4n) is 3.06. The van der Waals surface area contributed by atoms with Crippen LogP contribution in [-0.2, 0) is 6.42 Å². The van der Waals surface area contributed by atoms with E-state index in [1.165, 1.54) is 5.56 Å². The number of imidazole rings is 1. The van der Waals surface area contributed by atoms with Gasteiger partial charge >= 0.3 is 0 Å². The highest BCUT2D eigenvalue weighted by Crippen LogP contribution is 2.27. The lowest BCUT2D eigenvalue weighted by atomic mass is 10.0. The molecule has 126 valence electrons. The number of hydrogen-bond donors (Lipinski definition) is 1. The highest BCUT2D eigenvalue weighted by Gasteiger charge is 2.07. The Morgan fingerprint density at radius 3 is 2.50 bits per heavy atom. The summed E-state index contributed by atoms with van der Waals surface area (Å²) < 4.78 is 5.30. The van der Waals surface area contributed by atoms with Crippen molar-refractivity contribution in [1.29, 1.82) is 5.26 Å². The first-order valence-electron chi connectivity index (χ1n) is 8.38. The minimum atomic E-state index is 0.540. The number of nitrogens with one attached hydrogen (secondary N) is 1. The molecule has 0 bridgehead atoms. The molecule has 0 unspecified atom stereocenters. The van der Waals surface area contributed by atoms with Crippen molar-refractivity contribution in [3.05, 3.63) is 83.7 Å². The van der Waals surface area contributed by atoms with Gasteiger partial charge in [-0.15, -0.1) is 0 Å². The van der Waals surface area contributed by atoms with Crippen molar-refractivity contribution >= 4 is 11.0 Å². The van der Waals surface area contributed by atoms with Crippen LogP contribution in [0.1, 0.15) is 17.0 Å². The monoisotopic (exact) mass is 339 g/mol. The quantitative estimate of drug-likeness (QED) is 0.586. The van der Waals surface area contributed by atoms with Crippen molar-refractivity contribution < 1.29 is 4.74 Å². The molecular formula is C22H17N3O. The molecule has 3 aromatic carbocycles. The Balaban J connectivity index is 1.57. The zero-order valence-electron chi connectivity index (χ0n) is 14.4. The van der Waals surface area contributed by atoms with E-state index in [2.05, 4.69) is 40.3 Å². The standard InChI is InChI=1S/C22H17N3O/c1-26-21-13-17(10-11-18(21)14-23)16-8-6-15(7-9-16)12-22-24-19-4-2-3-5-20(19)25-22/h2-11,13H,12H2,1H3,(H,24,25). The number of nitrogens with zero attached hydrogens (tertiary/aromatic N) is 2. The van der Waals surface area contributed by atoms with Gasteiger partial charge in [0.15, 0.2) is 0 Å². The zero-order valence-corrected chi connectivity index (χ0v) is 14.4. The van der Waals surface area contributed by atoms with Gasteiger partial charge in [-0.3, -0.25) is 0 Å². The van der Waals surface area contributed by atoms with Crippen LogP contribution in [0.4, 0.5) is 0 Å². The number of aromatic nitrogens is 2. The Morgan fingerprint density at radius 1 is 1.00 bits per heavy atom. The minimum absolute atomic E-state index is 0.540. The summed E-state index contributed by atoms with van der Waals surface area (Å²) in [5.41, 5.74) is 5.89. The third-order valence-corrected chi connectivity index (χ3v) is 4.42. The summed E-state index contributed by atoms with van der Waals surface area (Å²) >= 11 is 0. The number of aromatic amines is 1. The van der Waals surface area contributed by atoms with E-state index in [1.54, 1.807) is 13.2 Å². The molecule has 4 heteroatoms. The maximum Gasteiger partial charge on any atom is 0.137 e. The Kier molecular flexibility index (Phi) is 4.12. The van der Waals surface area contributed by atoms with Crippen molar-refractivity contribution in [3.63, 3.8) is 0 Å². The van der Waals surface area contributed by atoms with Crippen LogP contribution in [-0.4, -0.2) is 17.1 Å². The third-order valence-electron chi connectivity index (χ3n) is 4.42. The molecular weight excluding hydrogens is 322 g/mol. The number of fused-ring (bicyclic) bond motifs is 1. The van der Waals surface area contributed by atoms with Crippen molar-refractivity contribution in [2.75, 3.05) is 7.11 Å². The van der Waals surface area contributed by atoms with E-state index >= 15 is 0 Å². The van der Waals surface area contributed by atoms with Gasteiger partial charge in [0.05, 0.1) is 23.7 Å². The highest BCUT2D eigenvalue weighted by atomic mass is 16.5. The number of H-pyrrole nitrogens is 1. The lowest BCUT2D eigenvalue weighted by Gasteiger charge is -2.07. The maximum atomic E-state index is 9.10. The molecule has 0 aliphatic carbocycles. The maximum absolute atomic E-state index is 9.10. The Morgan fingerprint density at radius 2 is 1.77 bits per heavy atom. The molecule has 0 amide bonds. The molecule has 4 rings (SSSR count). The molecule has 0 saturated carbocycles. The first kappa shape index (κ1) is 15.9. The Labute approximate surface area is 151 Å². The van der Waals surface area contributed by atoms with Crippen LogP contribution < -0.4 is 4.74 Å². The van der Waals surface area contributed by atoms with Crippen molar-refractivity contribution in [2.24, 2.45) is 0 Å². The summed E-state index contributed by atoms with van der Waals surface area (Å²) in [7, 11) is 1.58. The fraction of sp³-hybridized carbons (Fsp3) is 0.0909. The van der Waals surface area contributed by atoms with E-state index in [-0.39, 0.29) is 0 Å². The summed E-state index contributed by atoms with van der Waals surface area (Å²) in [6.45, 7) is 0. The molecule has 0 atom stereocenters. The molecule has 1 heterocycles. The Bertz CT molecular complexity index is 1070. The predicted molar refractivity (Wildman–Crippen MR) is 102 cm³/mol. The molecule has 0 aliphatic heterocycles. The number of benzene rings is 3. The number of methoxy groups -OCH3 is 1. The molecule has 1 aromatic heterocycles. The number of ether oxygens (including phenoxy) is 1. The Hall–Kier alpha value is -3.58. The lowest BCUT2D eigenvalue weighted by molar-refractivity contribution is 0.413. The van der Waals surface area contributed by atoms with Gasteiger partial charge in [-0.05, 0) is 41.0 Å². The van der Waals surface area contributed by atoms with Crippen LogP contribution >= 0.6 is 0 Å². The lowest BCUT2D eigenvalue weighted by Crippen LogP contribution is -1.91. The third kappa shape index (κ3) is 3.03. The summed E-state index contributed by atoms with van der Waals surface area (Å²) in [6, 6.07) is 24.2. The predicted octanol–water partition coefficient (Wildman–Crippen LogP) is 4.70. The van der Waals surface area contributed by atoms with E-state index in [9.17, 15) is 0 Å². The average molecular weight is 339 g/mol. The largest absolute Gasteiger partial charge is 0.495 e. The van der Waals surface area contributed by atoms with Gasteiger partial charge in [-0.25, -0.2) is 4.98 Å². The van der Waals surface area contributed by atoms with Crippen LogP contribution in [0.2, 0.25) is 0 Å². The topological polar surface area (TPSA) is 61.7 Å². The zero-order chi connectivity index (χ0) is 17.9. The summed E-state index contributed by atoms with van der Waals surface area (Å²) in [4.78, 5) is 7.99. The second-order valence-corrected chi connectivity index (χ2v) is 6.10. The number of rotatable bonds is 4. The van der Waals surface area contributed by atoms with E-state index in [0.717, 1.165) is 34.4 Å². The average Bonchev–Trinajstić information content (AvgIpc) is 3.10. The molecule has 26 heavy (non-hydrogen) atoms. The summed E-state index contributed by atoms with van der Waals surface area (Å²) in [6.07, 6.45) is 0.756. The van der Waals surface area contributed by atoms with Crippen LogP contribution in [0.15, 0.2) is 66.7 Å². The number of nitriles is 1. The van der Waals surface area contributed by atoms with E-state index in [4.69, 9.17) is 10.00 Å². The molecule has 1 N–H and O–H groups in total. The van der Waals surface area contributed by atoms with E-state index in [0.29, 0.717) is 11.3 Å². The van der Waals surface area contributed by atoms with Gasteiger partial charge in [-0.2, -0.15) is 5.26 Å². The van der Waals surface area contributed by atoms with Gasteiger partial charge in [-0.1, -0.05) is 42.5 Å². The van der Waals surface area contributed by atoms with Gasteiger partial charge in [0.2, 0.25) is 0 Å². The van der Waals surface area contributed by atoms with Crippen LogP contribution in [0.3, 0.4) is 0 Å². The minimum Gasteiger partial charge on any atom is -0.495 e. The molecule has 4 nitrogen and oxygen atoms in total. The second kappa shape index (κ2) is 6.73. The molecule has 0 saturated heterocycles. The van der Waals surface area contributed by atoms with Crippen LogP contribution in [0.5, 0.6) is 5.75 Å². The van der Waals surface area contributed by atoms with E-state index in [1.807, 2.05) is 36.4 Å². The van der Waals surface area contributed by atoms with E-state index < -0.39 is 0 Å². The van der Waals surface area contributed by atoms with Gasteiger partial charge in [0.25, 0.3) is 0 Å². The molecule has 0 aliphatic rings. The van der Waals surface area contributed by atoms with Crippen molar-refractivity contribution in [2.45, 2.75) is 6.42 Å². The second-order valence-electron chi connectivity index (χ2n) is 6.10. The fourth-order valence-corrected chi connectivity index (χ4v) is 3.06. The first-order valence-corrected chi connectivity index (χ1v) is 8.38. The van der Waals surface area contributed by atoms with Crippen LogP contribution in [0, 0.1) is 11.3 Å². The summed E-state index contributed by atoms with van der Waals surface area (Å²) in [5.74, 6) is 1.55. The van der Waals surface area contributed by atoms with Gasteiger partial charge in [0, 0.05) is 6.42 Å². The van der Waals surface area contributed by atoms with Crippen molar-refractivity contribution in [1.82, 2.24) is 9.97 Å². The highest BCUT2D eigenvalue weighted by molar-refractivity contribution is 5.74. The normalized spacial score (nSPS) is 10.6. The number of hydrogen-bond acceptors (Lipinski definition) is 3. The van der Waals surface area contributed by atoms with Gasteiger partial charge < -0.3 is 9.72 Å². The molecule has 4 aromatic rings. The molecule has 0 fully saturated rings. The smallest absolute Gasteiger partial charge is 0.137 e. The summed E-state index contributed by atoms with van der Waals surface area (Å²) in [5, 5.41) is 9.10. The molecule has 0 spiro atoms. The SMILES string of the molecule is COc1cc(-c2ccc(Cc3nc4ccccc4[nH]3)cc2)ccc1C#N. The van der Waals surface area contributed by atoms with Crippen LogP contribution in [0.25, 0.3) is 22.2 Å². The molecule has 0 radical (unpaired) electrons. The van der Waals surface area contributed by atoms with Gasteiger partial charge in [0.1, 0.15) is 17.6 Å². The first-order chi connectivity index (χ1) is 12.8. The number of para-hydroxylation sites is 2. The van der Waals surface area contributed by atoms with Crippen molar-refractivity contribution in [3.8, 4) is 22.9 Å².